The van der Waals surface area contributed by atoms with E-state index in [4.69, 9.17) is 17.3 Å². The first-order chi connectivity index (χ1) is 10.9. The summed E-state index contributed by atoms with van der Waals surface area (Å²) >= 11 is 5.90. The first-order valence-corrected chi connectivity index (χ1v) is 8.96. The number of nitrogens with two attached hydrogens (primary N) is 1. The summed E-state index contributed by atoms with van der Waals surface area (Å²) in [6, 6.07) is 12.8. The fourth-order valence-corrected chi connectivity index (χ4v) is 4.18. The number of benzene rings is 2. The third-order valence-electron chi connectivity index (χ3n) is 3.38. The lowest BCUT2D eigenvalue weighted by molar-refractivity contribution is 0.421. The van der Waals surface area contributed by atoms with Crippen LogP contribution >= 0.6 is 11.6 Å². The van der Waals surface area contributed by atoms with Crippen molar-refractivity contribution in [2.75, 3.05) is 19.6 Å². The smallest absolute Gasteiger partial charge is 0.244 e. The van der Waals surface area contributed by atoms with Crippen LogP contribution in [0.2, 0.25) is 5.02 Å². The minimum absolute atomic E-state index is 0.109. The van der Waals surface area contributed by atoms with Crippen LogP contribution in [-0.2, 0) is 16.4 Å². The summed E-state index contributed by atoms with van der Waals surface area (Å²) in [4.78, 5) is -0.109. The molecule has 124 valence electrons. The van der Waals surface area contributed by atoms with Crippen LogP contribution in [0.15, 0.2) is 53.4 Å². The van der Waals surface area contributed by atoms with E-state index in [1.54, 1.807) is 0 Å². The maximum atomic E-state index is 13.1. The average Bonchev–Trinajstić information content (AvgIpc) is 2.52. The van der Waals surface area contributed by atoms with Gasteiger partial charge in [-0.15, -0.1) is 0 Å². The van der Waals surface area contributed by atoms with Crippen LogP contribution in [-0.4, -0.2) is 32.4 Å². The van der Waals surface area contributed by atoms with Crippen LogP contribution in [0.3, 0.4) is 0 Å². The van der Waals surface area contributed by atoms with Gasteiger partial charge in [-0.25, -0.2) is 12.8 Å². The molecule has 0 amide bonds. The summed E-state index contributed by atoms with van der Waals surface area (Å²) in [7, 11) is -3.83. The van der Waals surface area contributed by atoms with E-state index in [9.17, 15) is 12.8 Å². The summed E-state index contributed by atoms with van der Waals surface area (Å²) in [5, 5.41) is -0.133. The molecule has 0 bridgehead atoms. The molecular formula is C16H18ClFN2O2S. The minimum Gasteiger partial charge on any atom is -0.329 e. The van der Waals surface area contributed by atoms with E-state index in [1.165, 1.54) is 10.4 Å². The van der Waals surface area contributed by atoms with Gasteiger partial charge in [0.15, 0.2) is 0 Å². The standard InChI is InChI=1S/C16H18ClFN2O2S/c17-15-12-14(18)6-7-16(15)23(21,22)20(11-9-19)10-8-13-4-2-1-3-5-13/h1-7,12H,8-11,19H2. The molecule has 0 saturated heterocycles. The first-order valence-electron chi connectivity index (χ1n) is 7.14. The molecule has 2 aromatic rings. The highest BCUT2D eigenvalue weighted by Gasteiger charge is 2.26. The van der Waals surface area contributed by atoms with Gasteiger partial charge in [-0.1, -0.05) is 41.9 Å². The summed E-state index contributed by atoms with van der Waals surface area (Å²) in [5.41, 5.74) is 6.56. The number of rotatable bonds is 7. The molecule has 0 fully saturated rings. The molecule has 0 atom stereocenters. The monoisotopic (exact) mass is 356 g/mol. The number of hydrogen-bond acceptors (Lipinski definition) is 3. The summed E-state index contributed by atoms with van der Waals surface area (Å²) in [5.74, 6) is -0.580. The zero-order valence-electron chi connectivity index (χ0n) is 12.5. The molecule has 7 heteroatoms. The molecule has 2 aromatic carbocycles. The highest BCUT2D eigenvalue weighted by molar-refractivity contribution is 7.89. The third-order valence-corrected chi connectivity index (χ3v) is 5.76. The van der Waals surface area contributed by atoms with Crippen LogP contribution < -0.4 is 5.73 Å². The zero-order valence-corrected chi connectivity index (χ0v) is 14.0. The Kier molecular flexibility index (Phi) is 6.12. The van der Waals surface area contributed by atoms with Crippen LogP contribution in [0.25, 0.3) is 0 Å². The number of sulfonamides is 1. The van der Waals surface area contributed by atoms with E-state index in [-0.39, 0.29) is 29.6 Å². The van der Waals surface area contributed by atoms with Crippen LogP contribution in [0.4, 0.5) is 4.39 Å². The molecule has 2 rings (SSSR count). The van der Waals surface area contributed by atoms with Gasteiger partial charge in [-0.05, 0) is 30.2 Å². The van der Waals surface area contributed by atoms with Crippen molar-refractivity contribution in [3.05, 3.63) is 64.9 Å². The van der Waals surface area contributed by atoms with Gasteiger partial charge in [0.1, 0.15) is 10.7 Å². The molecule has 0 unspecified atom stereocenters. The summed E-state index contributed by atoms with van der Waals surface area (Å²) in [6.07, 6.45) is 0.554. The average molecular weight is 357 g/mol. The normalized spacial score (nSPS) is 11.8. The van der Waals surface area contributed by atoms with E-state index >= 15 is 0 Å². The van der Waals surface area contributed by atoms with Gasteiger partial charge in [0.2, 0.25) is 10.0 Å². The van der Waals surface area contributed by atoms with Crippen molar-refractivity contribution in [2.24, 2.45) is 5.73 Å². The van der Waals surface area contributed by atoms with Gasteiger partial charge >= 0.3 is 0 Å². The third kappa shape index (κ3) is 4.51. The summed E-state index contributed by atoms with van der Waals surface area (Å²) < 4.78 is 39.9. The molecular weight excluding hydrogens is 339 g/mol. The van der Waals surface area contributed by atoms with Gasteiger partial charge in [-0.2, -0.15) is 4.31 Å². The Bertz CT molecular complexity index is 754. The van der Waals surface area contributed by atoms with Gasteiger partial charge in [0.25, 0.3) is 0 Å². The van der Waals surface area contributed by atoms with E-state index < -0.39 is 15.8 Å². The Balaban J connectivity index is 2.24. The van der Waals surface area contributed by atoms with Crippen molar-refractivity contribution in [1.29, 1.82) is 0 Å². The molecule has 0 aromatic heterocycles. The lowest BCUT2D eigenvalue weighted by atomic mass is 10.1. The minimum atomic E-state index is -3.83. The van der Waals surface area contributed by atoms with E-state index in [0.717, 1.165) is 17.7 Å². The number of halogens is 2. The lowest BCUT2D eigenvalue weighted by Crippen LogP contribution is -2.37. The Morgan fingerprint density at radius 1 is 1.09 bits per heavy atom. The molecule has 0 aliphatic rings. The van der Waals surface area contributed by atoms with Gasteiger partial charge in [0, 0.05) is 19.6 Å². The Morgan fingerprint density at radius 2 is 1.78 bits per heavy atom. The predicted octanol–water partition coefficient (Wildman–Crippen LogP) is 2.67. The molecule has 4 nitrogen and oxygen atoms in total. The van der Waals surface area contributed by atoms with Gasteiger partial charge in [-0.3, -0.25) is 0 Å². The van der Waals surface area contributed by atoms with Crippen molar-refractivity contribution in [1.82, 2.24) is 4.31 Å². The molecule has 23 heavy (non-hydrogen) atoms. The molecule has 0 heterocycles. The Labute approximate surface area is 140 Å². The molecule has 0 saturated carbocycles. The summed E-state index contributed by atoms with van der Waals surface area (Å²) in [6.45, 7) is 0.632. The van der Waals surface area contributed by atoms with E-state index in [0.29, 0.717) is 6.42 Å². The van der Waals surface area contributed by atoms with Gasteiger partial charge < -0.3 is 5.73 Å². The lowest BCUT2D eigenvalue weighted by Gasteiger charge is -2.22. The van der Waals surface area contributed by atoms with Crippen molar-refractivity contribution in [3.63, 3.8) is 0 Å². The van der Waals surface area contributed by atoms with Gasteiger partial charge in [0.05, 0.1) is 5.02 Å². The van der Waals surface area contributed by atoms with Crippen molar-refractivity contribution in [2.45, 2.75) is 11.3 Å². The van der Waals surface area contributed by atoms with Crippen LogP contribution in [0.5, 0.6) is 0 Å². The van der Waals surface area contributed by atoms with E-state index in [1.807, 2.05) is 30.3 Å². The fraction of sp³-hybridized carbons (Fsp3) is 0.250. The SMILES string of the molecule is NCCN(CCc1ccccc1)S(=O)(=O)c1ccc(F)cc1Cl. The van der Waals surface area contributed by atoms with Crippen LogP contribution in [0, 0.1) is 5.82 Å². The second-order valence-corrected chi connectivity index (χ2v) is 7.32. The Hall–Kier alpha value is -1.47. The van der Waals surface area contributed by atoms with Crippen molar-refractivity contribution in [3.8, 4) is 0 Å². The maximum absolute atomic E-state index is 13.1. The topological polar surface area (TPSA) is 63.4 Å². The molecule has 0 aliphatic heterocycles. The zero-order chi connectivity index (χ0) is 16.9. The number of hydrogen-bond donors (Lipinski definition) is 1. The fourth-order valence-electron chi connectivity index (χ4n) is 2.22. The molecule has 2 N–H and O–H groups in total. The molecule has 0 spiro atoms. The van der Waals surface area contributed by atoms with E-state index in [2.05, 4.69) is 0 Å². The maximum Gasteiger partial charge on any atom is 0.244 e. The second-order valence-electron chi connectivity index (χ2n) is 5.00. The molecule has 0 aliphatic carbocycles. The highest BCUT2D eigenvalue weighted by atomic mass is 35.5. The molecule has 0 radical (unpaired) electrons. The second kappa shape index (κ2) is 7.88. The predicted molar refractivity (Wildman–Crippen MR) is 89.4 cm³/mol. The van der Waals surface area contributed by atoms with Crippen LogP contribution in [0.1, 0.15) is 5.56 Å². The first kappa shape index (κ1) is 17.9. The quantitative estimate of drug-likeness (QED) is 0.829. The number of nitrogens with zero attached hydrogens (tertiary/aromatic N) is 1. The Morgan fingerprint density at radius 3 is 2.39 bits per heavy atom. The van der Waals surface area contributed by atoms with Crippen molar-refractivity contribution < 1.29 is 12.8 Å². The van der Waals surface area contributed by atoms with Crippen molar-refractivity contribution >= 4 is 21.6 Å². The largest absolute Gasteiger partial charge is 0.329 e. The highest BCUT2D eigenvalue weighted by Crippen LogP contribution is 2.25.